The average Bonchev–Trinajstić information content (AvgIpc) is 2.48. The first-order chi connectivity index (χ1) is 9.61. The first kappa shape index (κ1) is 15.3. The minimum absolute atomic E-state index is 0.0167. The lowest BCUT2D eigenvalue weighted by Gasteiger charge is -2.32. The molecule has 1 heterocycles. The lowest BCUT2D eigenvalue weighted by Crippen LogP contribution is -2.44. The third kappa shape index (κ3) is 3.73. The summed E-state index contributed by atoms with van der Waals surface area (Å²) < 4.78 is 31.9. The molecule has 2 N–H and O–H groups in total. The van der Waals surface area contributed by atoms with Gasteiger partial charge >= 0.3 is 0 Å². The maximum Gasteiger partial charge on any atom is 0.164 e. The summed E-state index contributed by atoms with van der Waals surface area (Å²) in [6, 6.07) is 3.80. The van der Waals surface area contributed by atoms with Gasteiger partial charge in [-0.2, -0.15) is 0 Å². The van der Waals surface area contributed by atoms with Crippen LogP contribution in [0.4, 0.5) is 8.78 Å². The first-order valence-corrected chi connectivity index (χ1v) is 6.68. The summed E-state index contributed by atoms with van der Waals surface area (Å²) in [5.41, 5.74) is -0.0167. The lowest BCUT2D eigenvalue weighted by molar-refractivity contribution is -0.0551. The minimum Gasteiger partial charge on any atom is -0.394 e. The van der Waals surface area contributed by atoms with Crippen molar-refractivity contribution in [2.45, 2.75) is 18.6 Å². The van der Waals surface area contributed by atoms with E-state index in [2.05, 4.69) is 0 Å². The molecular weight excluding hydrogens is 268 g/mol. The number of hydrogen-bond donors (Lipinski definition) is 2. The molecule has 2 unspecified atom stereocenters. The van der Waals surface area contributed by atoms with Crippen molar-refractivity contribution in [2.24, 2.45) is 0 Å². The van der Waals surface area contributed by atoms with Crippen molar-refractivity contribution >= 4 is 0 Å². The second kappa shape index (κ2) is 7.08. The zero-order chi connectivity index (χ0) is 14.5. The fourth-order valence-corrected chi connectivity index (χ4v) is 2.33. The Bertz CT molecular complexity index is 444. The Kier molecular flexibility index (Phi) is 5.42. The van der Waals surface area contributed by atoms with E-state index in [9.17, 15) is 13.9 Å². The molecule has 1 saturated heterocycles. The maximum absolute atomic E-state index is 13.5. The predicted molar refractivity (Wildman–Crippen MR) is 69.2 cm³/mol. The van der Waals surface area contributed by atoms with Gasteiger partial charge < -0.3 is 14.9 Å². The molecular formula is C14H19F2NO3. The van der Waals surface area contributed by atoms with E-state index >= 15 is 0 Å². The van der Waals surface area contributed by atoms with Crippen LogP contribution in [0.15, 0.2) is 18.2 Å². The van der Waals surface area contributed by atoms with Crippen LogP contribution in [-0.2, 0) is 4.74 Å². The number of aliphatic hydroxyl groups is 2. The largest absolute Gasteiger partial charge is 0.394 e. The molecule has 1 aliphatic rings. The van der Waals surface area contributed by atoms with Crippen molar-refractivity contribution in [3.63, 3.8) is 0 Å². The first-order valence-electron chi connectivity index (χ1n) is 6.68. The van der Waals surface area contributed by atoms with Gasteiger partial charge in [-0.3, -0.25) is 4.90 Å². The van der Waals surface area contributed by atoms with E-state index in [0.717, 1.165) is 6.07 Å². The van der Waals surface area contributed by atoms with Gasteiger partial charge in [0.15, 0.2) is 11.6 Å². The molecule has 0 saturated carbocycles. The van der Waals surface area contributed by atoms with Gasteiger partial charge in [-0.25, -0.2) is 8.78 Å². The molecule has 0 radical (unpaired) electrons. The van der Waals surface area contributed by atoms with Gasteiger partial charge in [-0.05, 0) is 12.5 Å². The quantitative estimate of drug-likeness (QED) is 0.851. The van der Waals surface area contributed by atoms with Crippen LogP contribution in [0.3, 0.4) is 0 Å². The summed E-state index contributed by atoms with van der Waals surface area (Å²) in [5.74, 6) is -1.94. The summed E-state index contributed by atoms with van der Waals surface area (Å²) in [6.45, 7) is 2.30. The highest BCUT2D eigenvalue weighted by Gasteiger charge is 2.21. The number of aliphatic hydroxyl groups excluding tert-OH is 2. The van der Waals surface area contributed by atoms with Gasteiger partial charge in [0.25, 0.3) is 0 Å². The highest BCUT2D eigenvalue weighted by Crippen LogP contribution is 2.22. The van der Waals surface area contributed by atoms with Gasteiger partial charge in [0.2, 0.25) is 0 Å². The topological polar surface area (TPSA) is 52.9 Å². The predicted octanol–water partition coefficient (Wildman–Crippen LogP) is 1.08. The van der Waals surface area contributed by atoms with E-state index in [4.69, 9.17) is 9.84 Å². The van der Waals surface area contributed by atoms with Crippen LogP contribution >= 0.6 is 0 Å². The zero-order valence-electron chi connectivity index (χ0n) is 11.1. The third-order valence-corrected chi connectivity index (χ3v) is 3.49. The molecule has 1 fully saturated rings. The van der Waals surface area contributed by atoms with E-state index in [1.165, 1.54) is 12.1 Å². The summed E-state index contributed by atoms with van der Waals surface area (Å²) in [6.07, 6.45) is -0.952. The second-order valence-corrected chi connectivity index (χ2v) is 4.92. The fraction of sp³-hybridized carbons (Fsp3) is 0.571. The number of rotatable bonds is 5. The highest BCUT2D eigenvalue weighted by molar-refractivity contribution is 5.21. The molecule has 2 rings (SSSR count). The standard InChI is InChI=1S/C14H19F2NO3/c15-12-3-1-2-11(14(12)16)13(19)4-5-17-6-7-20-10(8-17)9-18/h1-3,10,13,18-19H,4-9H2. The Morgan fingerprint density at radius 2 is 2.20 bits per heavy atom. The molecule has 20 heavy (non-hydrogen) atoms. The van der Waals surface area contributed by atoms with Crippen LogP contribution in [0.25, 0.3) is 0 Å². The summed E-state index contributed by atoms with van der Waals surface area (Å²) in [4.78, 5) is 2.03. The van der Waals surface area contributed by atoms with Crippen LogP contribution in [0.5, 0.6) is 0 Å². The summed E-state index contributed by atoms with van der Waals surface area (Å²) in [5, 5.41) is 19.0. The Labute approximate surface area is 116 Å². The smallest absolute Gasteiger partial charge is 0.164 e. The van der Waals surface area contributed by atoms with Crippen molar-refractivity contribution < 1.29 is 23.7 Å². The average molecular weight is 287 g/mol. The Morgan fingerprint density at radius 1 is 1.40 bits per heavy atom. The SMILES string of the molecule is OCC1CN(CCC(O)c2cccc(F)c2F)CCO1. The molecule has 0 spiro atoms. The summed E-state index contributed by atoms with van der Waals surface area (Å²) in [7, 11) is 0. The van der Waals surface area contributed by atoms with Crippen molar-refractivity contribution in [2.75, 3.05) is 32.8 Å². The molecule has 0 aromatic heterocycles. The van der Waals surface area contributed by atoms with E-state index in [1.54, 1.807) is 0 Å². The van der Waals surface area contributed by atoms with Crippen LogP contribution < -0.4 is 0 Å². The molecule has 0 amide bonds. The van der Waals surface area contributed by atoms with Crippen LogP contribution in [-0.4, -0.2) is 54.1 Å². The molecule has 1 aliphatic heterocycles. The van der Waals surface area contributed by atoms with Crippen molar-refractivity contribution in [3.05, 3.63) is 35.4 Å². The van der Waals surface area contributed by atoms with E-state index in [0.29, 0.717) is 32.7 Å². The molecule has 1 aromatic rings. The molecule has 6 heteroatoms. The minimum atomic E-state index is -1.04. The normalized spacial score (nSPS) is 21.9. The fourth-order valence-electron chi connectivity index (χ4n) is 2.33. The van der Waals surface area contributed by atoms with E-state index in [-0.39, 0.29) is 18.3 Å². The van der Waals surface area contributed by atoms with Crippen molar-refractivity contribution in [3.8, 4) is 0 Å². The van der Waals surface area contributed by atoms with Gasteiger partial charge in [0.1, 0.15) is 0 Å². The second-order valence-electron chi connectivity index (χ2n) is 4.92. The monoisotopic (exact) mass is 287 g/mol. The Hall–Kier alpha value is -1.08. The Morgan fingerprint density at radius 3 is 2.95 bits per heavy atom. The third-order valence-electron chi connectivity index (χ3n) is 3.49. The van der Waals surface area contributed by atoms with E-state index in [1.807, 2.05) is 4.90 Å². The van der Waals surface area contributed by atoms with Crippen molar-refractivity contribution in [1.82, 2.24) is 4.90 Å². The van der Waals surface area contributed by atoms with Gasteiger partial charge in [0, 0.05) is 25.2 Å². The highest BCUT2D eigenvalue weighted by atomic mass is 19.2. The maximum atomic E-state index is 13.5. The number of morpholine rings is 1. The number of halogens is 2. The van der Waals surface area contributed by atoms with Gasteiger partial charge in [0.05, 0.1) is 25.4 Å². The molecule has 1 aromatic carbocycles. The number of ether oxygens (including phenoxy) is 1. The number of benzene rings is 1. The number of nitrogens with zero attached hydrogens (tertiary/aromatic N) is 1. The molecule has 2 atom stereocenters. The van der Waals surface area contributed by atoms with Crippen LogP contribution in [0.1, 0.15) is 18.1 Å². The summed E-state index contributed by atoms with van der Waals surface area (Å²) >= 11 is 0. The number of hydrogen-bond acceptors (Lipinski definition) is 4. The van der Waals surface area contributed by atoms with Crippen LogP contribution in [0.2, 0.25) is 0 Å². The zero-order valence-corrected chi connectivity index (χ0v) is 11.1. The van der Waals surface area contributed by atoms with E-state index < -0.39 is 17.7 Å². The van der Waals surface area contributed by atoms with Crippen LogP contribution in [0, 0.1) is 11.6 Å². The molecule has 0 aliphatic carbocycles. The Balaban J connectivity index is 1.88. The van der Waals surface area contributed by atoms with Gasteiger partial charge in [-0.15, -0.1) is 0 Å². The molecule has 112 valence electrons. The molecule has 0 bridgehead atoms. The van der Waals surface area contributed by atoms with Crippen molar-refractivity contribution in [1.29, 1.82) is 0 Å². The molecule has 4 nitrogen and oxygen atoms in total. The van der Waals surface area contributed by atoms with Gasteiger partial charge in [-0.1, -0.05) is 12.1 Å². The lowest BCUT2D eigenvalue weighted by atomic mass is 10.1.